The van der Waals surface area contributed by atoms with Crippen molar-refractivity contribution in [3.8, 4) is 0 Å². The predicted molar refractivity (Wildman–Crippen MR) is 74.9 cm³/mol. The maximum absolute atomic E-state index is 5.86. The Hall–Kier alpha value is -0.160. The SMILES string of the molecule is COCCNCC(C)NCC1C(C)OC(C)C1C. The van der Waals surface area contributed by atoms with Gasteiger partial charge in [0, 0.05) is 38.7 Å². The Labute approximate surface area is 112 Å². The van der Waals surface area contributed by atoms with Crippen LogP contribution in [0.25, 0.3) is 0 Å². The van der Waals surface area contributed by atoms with Crippen molar-refractivity contribution in [2.24, 2.45) is 11.8 Å². The molecule has 1 aliphatic heterocycles. The average molecular weight is 258 g/mol. The Kier molecular flexibility index (Phi) is 7.15. The van der Waals surface area contributed by atoms with Gasteiger partial charge in [-0.3, -0.25) is 0 Å². The van der Waals surface area contributed by atoms with Crippen molar-refractivity contribution in [1.29, 1.82) is 0 Å². The highest BCUT2D eigenvalue weighted by Gasteiger charge is 2.36. The largest absolute Gasteiger partial charge is 0.383 e. The molecule has 108 valence electrons. The normalized spacial score (nSPS) is 33.8. The molecule has 4 heteroatoms. The molecule has 5 unspecified atom stereocenters. The van der Waals surface area contributed by atoms with E-state index in [0.717, 1.165) is 26.2 Å². The first-order valence-corrected chi connectivity index (χ1v) is 7.14. The topological polar surface area (TPSA) is 42.5 Å². The number of methoxy groups -OCH3 is 1. The molecule has 1 fully saturated rings. The first kappa shape index (κ1) is 15.9. The molecule has 2 N–H and O–H groups in total. The fraction of sp³-hybridized carbons (Fsp3) is 1.00. The first-order valence-electron chi connectivity index (χ1n) is 7.14. The molecule has 1 rings (SSSR count). The van der Waals surface area contributed by atoms with Crippen LogP contribution >= 0.6 is 0 Å². The lowest BCUT2D eigenvalue weighted by atomic mass is 9.89. The molecule has 5 atom stereocenters. The molecule has 0 spiro atoms. The summed E-state index contributed by atoms with van der Waals surface area (Å²) in [5.74, 6) is 1.27. The van der Waals surface area contributed by atoms with Gasteiger partial charge in [0.1, 0.15) is 0 Å². The van der Waals surface area contributed by atoms with Gasteiger partial charge in [0.25, 0.3) is 0 Å². The highest BCUT2D eigenvalue weighted by Crippen LogP contribution is 2.31. The van der Waals surface area contributed by atoms with Gasteiger partial charge in [-0.25, -0.2) is 0 Å². The zero-order valence-corrected chi connectivity index (χ0v) is 12.5. The number of rotatable bonds is 8. The number of hydrogen-bond acceptors (Lipinski definition) is 4. The molecular formula is C14H30N2O2. The Morgan fingerprint density at radius 1 is 1.22 bits per heavy atom. The summed E-state index contributed by atoms with van der Waals surface area (Å²) < 4.78 is 10.9. The first-order chi connectivity index (χ1) is 8.56. The molecule has 0 aliphatic carbocycles. The zero-order valence-electron chi connectivity index (χ0n) is 12.5. The van der Waals surface area contributed by atoms with E-state index in [1.54, 1.807) is 7.11 Å². The van der Waals surface area contributed by atoms with E-state index in [1.807, 2.05) is 0 Å². The van der Waals surface area contributed by atoms with Crippen molar-refractivity contribution in [2.45, 2.75) is 45.9 Å². The highest BCUT2D eigenvalue weighted by atomic mass is 16.5. The van der Waals surface area contributed by atoms with Crippen molar-refractivity contribution in [2.75, 3.05) is 33.4 Å². The van der Waals surface area contributed by atoms with Crippen LogP contribution in [0.1, 0.15) is 27.7 Å². The molecule has 1 heterocycles. The van der Waals surface area contributed by atoms with E-state index >= 15 is 0 Å². The van der Waals surface area contributed by atoms with Crippen LogP contribution < -0.4 is 10.6 Å². The van der Waals surface area contributed by atoms with Gasteiger partial charge >= 0.3 is 0 Å². The molecule has 18 heavy (non-hydrogen) atoms. The Morgan fingerprint density at radius 2 is 1.94 bits per heavy atom. The summed E-state index contributed by atoms with van der Waals surface area (Å²) >= 11 is 0. The molecular weight excluding hydrogens is 228 g/mol. The third-order valence-corrected chi connectivity index (χ3v) is 4.08. The van der Waals surface area contributed by atoms with Crippen LogP contribution in [-0.4, -0.2) is 51.6 Å². The van der Waals surface area contributed by atoms with E-state index in [9.17, 15) is 0 Å². The van der Waals surface area contributed by atoms with Gasteiger partial charge in [-0.15, -0.1) is 0 Å². The molecule has 0 amide bonds. The Morgan fingerprint density at radius 3 is 2.50 bits per heavy atom. The lowest BCUT2D eigenvalue weighted by Gasteiger charge is -2.22. The van der Waals surface area contributed by atoms with Crippen molar-refractivity contribution in [3.05, 3.63) is 0 Å². The minimum Gasteiger partial charge on any atom is -0.383 e. The summed E-state index contributed by atoms with van der Waals surface area (Å²) in [5, 5.41) is 6.97. The zero-order chi connectivity index (χ0) is 13.5. The van der Waals surface area contributed by atoms with Gasteiger partial charge in [0.2, 0.25) is 0 Å². The second kappa shape index (κ2) is 8.10. The van der Waals surface area contributed by atoms with Gasteiger partial charge in [0.15, 0.2) is 0 Å². The van der Waals surface area contributed by atoms with Crippen LogP contribution in [0, 0.1) is 11.8 Å². The van der Waals surface area contributed by atoms with Crippen molar-refractivity contribution >= 4 is 0 Å². The van der Waals surface area contributed by atoms with Gasteiger partial charge in [-0.1, -0.05) is 6.92 Å². The van der Waals surface area contributed by atoms with Gasteiger partial charge < -0.3 is 20.1 Å². The summed E-state index contributed by atoms with van der Waals surface area (Å²) in [5.41, 5.74) is 0. The van der Waals surface area contributed by atoms with E-state index in [1.165, 1.54) is 0 Å². The third-order valence-electron chi connectivity index (χ3n) is 4.08. The lowest BCUT2D eigenvalue weighted by molar-refractivity contribution is 0.0510. The van der Waals surface area contributed by atoms with E-state index < -0.39 is 0 Å². The van der Waals surface area contributed by atoms with Gasteiger partial charge in [0.05, 0.1) is 18.8 Å². The second-order valence-corrected chi connectivity index (χ2v) is 5.58. The van der Waals surface area contributed by atoms with Crippen molar-refractivity contribution in [3.63, 3.8) is 0 Å². The maximum atomic E-state index is 5.86. The molecule has 4 nitrogen and oxygen atoms in total. The van der Waals surface area contributed by atoms with Crippen LogP contribution in [0.15, 0.2) is 0 Å². The van der Waals surface area contributed by atoms with Crippen molar-refractivity contribution in [1.82, 2.24) is 10.6 Å². The standard InChI is InChI=1S/C14H30N2O2/c1-10(8-15-6-7-17-5)16-9-14-11(2)12(3)18-13(14)4/h10-16H,6-9H2,1-5H3. The van der Waals surface area contributed by atoms with Crippen molar-refractivity contribution < 1.29 is 9.47 Å². The van der Waals surface area contributed by atoms with E-state index in [-0.39, 0.29) is 0 Å². The van der Waals surface area contributed by atoms with Crippen LogP contribution in [-0.2, 0) is 9.47 Å². The summed E-state index contributed by atoms with van der Waals surface area (Å²) in [4.78, 5) is 0. The summed E-state index contributed by atoms with van der Waals surface area (Å²) in [6.07, 6.45) is 0.762. The fourth-order valence-electron chi connectivity index (χ4n) is 2.59. The third kappa shape index (κ3) is 4.84. The minimum atomic E-state index is 0.371. The van der Waals surface area contributed by atoms with E-state index in [0.29, 0.717) is 30.1 Å². The second-order valence-electron chi connectivity index (χ2n) is 5.58. The number of nitrogens with one attached hydrogen (secondary N) is 2. The molecule has 0 aromatic carbocycles. The molecule has 0 aromatic rings. The Balaban J connectivity index is 2.15. The quantitative estimate of drug-likeness (QED) is 0.643. The van der Waals surface area contributed by atoms with E-state index in [2.05, 4.69) is 38.3 Å². The minimum absolute atomic E-state index is 0.371. The predicted octanol–water partition coefficient (Wildman–Crippen LogP) is 1.26. The Bertz CT molecular complexity index is 226. The van der Waals surface area contributed by atoms with E-state index in [4.69, 9.17) is 9.47 Å². The van der Waals surface area contributed by atoms with Crippen LogP contribution in [0.2, 0.25) is 0 Å². The maximum Gasteiger partial charge on any atom is 0.0594 e. The smallest absolute Gasteiger partial charge is 0.0594 e. The molecule has 1 aliphatic rings. The fourth-order valence-corrected chi connectivity index (χ4v) is 2.59. The van der Waals surface area contributed by atoms with Crippen LogP contribution in [0.5, 0.6) is 0 Å². The van der Waals surface area contributed by atoms with Crippen LogP contribution in [0.4, 0.5) is 0 Å². The molecule has 0 radical (unpaired) electrons. The lowest BCUT2D eigenvalue weighted by Crippen LogP contribution is -2.41. The monoisotopic (exact) mass is 258 g/mol. The number of ether oxygens (including phenoxy) is 2. The molecule has 0 bridgehead atoms. The summed E-state index contributed by atoms with van der Waals surface area (Å²) in [6, 6.07) is 0.483. The molecule has 0 aromatic heterocycles. The van der Waals surface area contributed by atoms with Crippen LogP contribution in [0.3, 0.4) is 0 Å². The average Bonchev–Trinajstić information content (AvgIpc) is 2.57. The highest BCUT2D eigenvalue weighted by molar-refractivity contribution is 4.85. The number of hydrogen-bond donors (Lipinski definition) is 2. The summed E-state index contributed by atoms with van der Waals surface area (Å²) in [7, 11) is 1.73. The summed E-state index contributed by atoms with van der Waals surface area (Å²) in [6.45, 7) is 12.6. The molecule has 0 saturated carbocycles. The van der Waals surface area contributed by atoms with Gasteiger partial charge in [-0.05, 0) is 26.7 Å². The van der Waals surface area contributed by atoms with Gasteiger partial charge in [-0.2, -0.15) is 0 Å². The molecule has 1 saturated heterocycles.